The van der Waals surface area contributed by atoms with Crippen molar-refractivity contribution in [1.29, 1.82) is 0 Å². The highest BCUT2D eigenvalue weighted by Crippen LogP contribution is 2.22. The van der Waals surface area contributed by atoms with E-state index in [9.17, 15) is 4.79 Å². The maximum Gasteiger partial charge on any atom is 0.176 e. The number of ketones is 1. The van der Waals surface area contributed by atoms with E-state index in [1.165, 1.54) is 0 Å². The highest BCUT2D eigenvalue weighted by atomic mass is 79.9. The first-order valence-electron chi connectivity index (χ1n) is 3.62. The minimum absolute atomic E-state index is 0.0440. The summed E-state index contributed by atoms with van der Waals surface area (Å²) in [6.07, 6.45) is 5.54. The Kier molecular flexibility index (Phi) is 3.72. The number of Topliss-reactive ketones (excluding diaryl/α,β-unsaturated/α-hetero) is 1. The fourth-order valence-electron chi connectivity index (χ4n) is 1.01. The molecule has 0 amide bonds. The average Bonchev–Trinajstić information content (AvgIpc) is 2.08. The zero-order valence-electron chi connectivity index (χ0n) is 6.47. The van der Waals surface area contributed by atoms with E-state index < -0.39 is 0 Å². The summed E-state index contributed by atoms with van der Waals surface area (Å²) in [6, 6.07) is 0. The molecular weight excluding hydrogens is 284 g/mol. The normalized spacial score (nSPS) is 25.4. The lowest BCUT2D eigenvalue weighted by Crippen LogP contribution is -2.21. The molecule has 0 heterocycles. The summed E-state index contributed by atoms with van der Waals surface area (Å²) in [5.74, 6) is 0.166. The maximum absolute atomic E-state index is 11.5. The van der Waals surface area contributed by atoms with Crippen LogP contribution in [0.4, 0.5) is 0 Å². The van der Waals surface area contributed by atoms with E-state index in [-0.39, 0.29) is 16.5 Å². The third-order valence-corrected chi connectivity index (χ3v) is 3.22. The summed E-state index contributed by atoms with van der Waals surface area (Å²) in [7, 11) is 0. The third kappa shape index (κ3) is 2.07. The number of rotatable bonds is 2. The van der Waals surface area contributed by atoms with Gasteiger partial charge in [0.1, 0.15) is 0 Å². The van der Waals surface area contributed by atoms with Gasteiger partial charge in [-0.2, -0.15) is 0 Å². The van der Waals surface area contributed by atoms with Crippen LogP contribution < -0.4 is 0 Å². The van der Waals surface area contributed by atoms with Crippen LogP contribution in [0.1, 0.15) is 0 Å². The van der Waals surface area contributed by atoms with Crippen LogP contribution in [0, 0.1) is 12.8 Å². The molecule has 0 aromatic carbocycles. The predicted octanol–water partition coefficient (Wildman–Crippen LogP) is 2.66. The Morgan fingerprint density at radius 2 is 2.33 bits per heavy atom. The zero-order valence-corrected chi connectivity index (χ0v) is 9.64. The highest BCUT2D eigenvalue weighted by molar-refractivity contribution is 9.10. The van der Waals surface area contributed by atoms with Crippen LogP contribution in [-0.2, 0) is 4.79 Å². The summed E-state index contributed by atoms with van der Waals surface area (Å²) >= 11 is 6.57. The van der Waals surface area contributed by atoms with Crippen LogP contribution in [0.25, 0.3) is 0 Å². The number of alkyl halides is 2. The molecule has 0 bridgehead atoms. The van der Waals surface area contributed by atoms with Crippen LogP contribution in [-0.4, -0.2) is 15.9 Å². The number of hydrogen-bond donors (Lipinski definition) is 0. The second-order valence-electron chi connectivity index (χ2n) is 2.62. The van der Waals surface area contributed by atoms with Gasteiger partial charge in [-0.1, -0.05) is 50.1 Å². The Balaban J connectivity index is 2.82. The molecule has 0 saturated carbocycles. The summed E-state index contributed by atoms with van der Waals surface area (Å²) in [5.41, 5.74) is 0.788. The summed E-state index contributed by atoms with van der Waals surface area (Å²) in [5, 5.41) is 0.720. The zero-order chi connectivity index (χ0) is 9.14. The average molecular weight is 293 g/mol. The van der Waals surface area contributed by atoms with Gasteiger partial charge >= 0.3 is 0 Å². The Labute approximate surface area is 89.2 Å². The summed E-state index contributed by atoms with van der Waals surface area (Å²) in [4.78, 5) is 11.3. The molecule has 1 aliphatic rings. The van der Waals surface area contributed by atoms with Gasteiger partial charge in [-0.05, 0) is 12.8 Å². The van der Waals surface area contributed by atoms with Crippen molar-refractivity contribution in [3.05, 3.63) is 30.7 Å². The number of allylic oxidation sites excluding steroid dienone is 4. The molecule has 0 aromatic rings. The molecular formula is C9H9Br2O. The van der Waals surface area contributed by atoms with Crippen molar-refractivity contribution in [1.82, 2.24) is 0 Å². The lowest BCUT2D eigenvalue weighted by atomic mass is 9.94. The van der Waals surface area contributed by atoms with Crippen molar-refractivity contribution >= 4 is 37.6 Å². The molecule has 1 unspecified atom stereocenters. The number of hydrogen-bond acceptors (Lipinski definition) is 1. The Morgan fingerprint density at radius 1 is 1.67 bits per heavy atom. The topological polar surface area (TPSA) is 17.1 Å². The van der Waals surface area contributed by atoms with Gasteiger partial charge in [0.2, 0.25) is 0 Å². The van der Waals surface area contributed by atoms with Crippen molar-refractivity contribution in [2.75, 3.05) is 5.33 Å². The van der Waals surface area contributed by atoms with E-state index in [0.29, 0.717) is 0 Å². The molecule has 0 fully saturated rings. The van der Waals surface area contributed by atoms with Crippen molar-refractivity contribution in [3.63, 3.8) is 0 Å². The molecule has 1 nitrogen and oxygen atoms in total. The van der Waals surface area contributed by atoms with E-state index in [4.69, 9.17) is 0 Å². The molecule has 65 valence electrons. The van der Waals surface area contributed by atoms with Crippen molar-refractivity contribution in [2.24, 2.45) is 5.92 Å². The van der Waals surface area contributed by atoms with E-state index in [1.54, 1.807) is 0 Å². The largest absolute Gasteiger partial charge is 0.293 e. The predicted molar refractivity (Wildman–Crippen MR) is 57.6 cm³/mol. The number of halogens is 2. The molecule has 0 spiro atoms. The van der Waals surface area contributed by atoms with E-state index in [2.05, 4.69) is 38.8 Å². The molecule has 12 heavy (non-hydrogen) atoms. The van der Waals surface area contributed by atoms with E-state index in [0.717, 1.165) is 10.9 Å². The van der Waals surface area contributed by atoms with Crippen molar-refractivity contribution < 1.29 is 4.79 Å². The smallest absolute Gasteiger partial charge is 0.176 e. The van der Waals surface area contributed by atoms with E-state index in [1.807, 2.05) is 18.2 Å². The molecule has 0 saturated heterocycles. The second kappa shape index (κ2) is 4.38. The van der Waals surface area contributed by atoms with Crippen LogP contribution in [0.5, 0.6) is 0 Å². The first kappa shape index (κ1) is 10.2. The van der Waals surface area contributed by atoms with Gasteiger partial charge in [0.05, 0.1) is 4.83 Å². The summed E-state index contributed by atoms with van der Waals surface area (Å²) < 4.78 is 0. The lowest BCUT2D eigenvalue weighted by Gasteiger charge is -2.16. The molecule has 1 radical (unpaired) electrons. The fraction of sp³-hybridized carbons (Fsp3) is 0.333. The molecule has 1 rings (SSSR count). The molecule has 0 aliphatic heterocycles. The fourth-order valence-corrected chi connectivity index (χ4v) is 1.80. The quantitative estimate of drug-likeness (QED) is 0.715. The molecule has 0 N–H and O–H groups in total. The SMILES string of the molecule is [CH2]C(CBr)C1=CC=C[C@H](Br)C1=O. The Morgan fingerprint density at radius 3 is 2.92 bits per heavy atom. The van der Waals surface area contributed by atoms with Crippen molar-refractivity contribution in [2.45, 2.75) is 4.83 Å². The Hall–Kier alpha value is 0.110. The molecule has 2 atom stereocenters. The maximum atomic E-state index is 11.5. The monoisotopic (exact) mass is 291 g/mol. The van der Waals surface area contributed by atoms with Crippen LogP contribution in [0.2, 0.25) is 0 Å². The first-order valence-corrected chi connectivity index (χ1v) is 5.66. The first-order chi connectivity index (χ1) is 5.66. The van der Waals surface area contributed by atoms with Gasteiger partial charge in [-0.3, -0.25) is 4.79 Å². The number of carbonyl (C=O) groups is 1. The van der Waals surface area contributed by atoms with Gasteiger partial charge in [-0.15, -0.1) is 0 Å². The van der Waals surface area contributed by atoms with Gasteiger partial charge in [0.25, 0.3) is 0 Å². The third-order valence-electron chi connectivity index (χ3n) is 1.72. The van der Waals surface area contributed by atoms with Crippen LogP contribution >= 0.6 is 31.9 Å². The van der Waals surface area contributed by atoms with Gasteiger partial charge in [-0.25, -0.2) is 0 Å². The molecule has 0 aromatic heterocycles. The van der Waals surface area contributed by atoms with E-state index >= 15 is 0 Å². The van der Waals surface area contributed by atoms with Gasteiger partial charge < -0.3 is 0 Å². The van der Waals surface area contributed by atoms with Crippen LogP contribution in [0.15, 0.2) is 23.8 Å². The van der Waals surface area contributed by atoms with Gasteiger partial charge in [0.15, 0.2) is 5.78 Å². The minimum atomic E-state index is -0.166. The highest BCUT2D eigenvalue weighted by Gasteiger charge is 2.22. The molecule has 3 heteroatoms. The van der Waals surface area contributed by atoms with Gasteiger partial charge in [0, 0.05) is 10.9 Å². The summed E-state index contributed by atoms with van der Waals surface area (Å²) in [6.45, 7) is 3.87. The molecule has 1 aliphatic carbocycles. The standard InChI is InChI=1S/C9H9Br2O/c1-6(5-10)7-3-2-4-8(11)9(7)12/h2-4,6,8H,1,5H2/t6?,8-/m0/s1. The second-order valence-corrected chi connectivity index (χ2v) is 4.26. The minimum Gasteiger partial charge on any atom is -0.293 e. The number of carbonyl (C=O) groups excluding carboxylic acids is 1. The van der Waals surface area contributed by atoms with Crippen molar-refractivity contribution in [3.8, 4) is 0 Å². The lowest BCUT2D eigenvalue weighted by molar-refractivity contribution is -0.114. The van der Waals surface area contributed by atoms with Crippen LogP contribution in [0.3, 0.4) is 0 Å². The Bertz CT molecular complexity index is 243.